The Morgan fingerprint density at radius 3 is 2.69 bits per heavy atom. The van der Waals surface area contributed by atoms with E-state index >= 15 is 0 Å². The van der Waals surface area contributed by atoms with E-state index in [9.17, 15) is 9.59 Å². The molecule has 3 aromatic rings. The molecule has 0 atom stereocenters. The Bertz CT molecular complexity index is 950. The maximum atomic E-state index is 12.4. The van der Waals surface area contributed by atoms with Gasteiger partial charge in [0.15, 0.2) is 0 Å². The Balaban J connectivity index is 1.89. The number of rotatable bonds is 6. The number of pyridine rings is 1. The van der Waals surface area contributed by atoms with Crippen LogP contribution in [0.5, 0.6) is 0 Å². The van der Waals surface area contributed by atoms with Crippen molar-refractivity contribution in [3.8, 4) is 0 Å². The maximum absolute atomic E-state index is 12.4. The predicted molar refractivity (Wildman–Crippen MR) is 97.3 cm³/mol. The van der Waals surface area contributed by atoms with Crippen molar-refractivity contribution in [2.24, 2.45) is 0 Å². The second kappa shape index (κ2) is 8.05. The molecule has 0 N–H and O–H groups in total. The number of ether oxygens (including phenoxy) is 2. The van der Waals surface area contributed by atoms with Gasteiger partial charge in [-0.05, 0) is 31.4 Å². The Hall–Kier alpha value is -2.80. The van der Waals surface area contributed by atoms with Crippen molar-refractivity contribution >= 4 is 34.7 Å². The molecule has 0 saturated carbocycles. The monoisotopic (exact) mass is 371 g/mol. The van der Waals surface area contributed by atoms with Gasteiger partial charge in [0.25, 0.3) is 0 Å². The summed E-state index contributed by atoms with van der Waals surface area (Å²) < 4.78 is 16.1. The molecule has 2 aromatic heterocycles. The van der Waals surface area contributed by atoms with E-state index in [2.05, 4.69) is 4.98 Å². The van der Waals surface area contributed by atoms with E-state index in [0.717, 1.165) is 0 Å². The second-order valence-electron chi connectivity index (χ2n) is 5.26. The van der Waals surface area contributed by atoms with Crippen LogP contribution in [0.15, 0.2) is 52.0 Å². The molecular weight excluding hydrogens is 354 g/mol. The van der Waals surface area contributed by atoms with Crippen LogP contribution in [0.1, 0.15) is 33.4 Å². The Kier molecular flexibility index (Phi) is 5.58. The van der Waals surface area contributed by atoms with Crippen molar-refractivity contribution in [2.45, 2.75) is 18.6 Å². The molecule has 0 saturated heterocycles. The SMILES string of the molecule is CCOC(=O)c1oc2ccccc2c1COC(=O)c1cccnc1SC. The normalized spacial score (nSPS) is 10.7. The zero-order valence-corrected chi connectivity index (χ0v) is 15.2. The van der Waals surface area contributed by atoms with Gasteiger partial charge in [0.1, 0.15) is 17.2 Å². The third kappa shape index (κ3) is 3.57. The van der Waals surface area contributed by atoms with Crippen LogP contribution in [-0.4, -0.2) is 29.8 Å². The van der Waals surface area contributed by atoms with Crippen LogP contribution in [0.4, 0.5) is 0 Å². The Labute approximate surface area is 154 Å². The van der Waals surface area contributed by atoms with Crippen molar-refractivity contribution in [3.05, 3.63) is 59.5 Å². The van der Waals surface area contributed by atoms with Gasteiger partial charge in [0, 0.05) is 11.6 Å². The van der Waals surface area contributed by atoms with Crippen LogP contribution in [0.3, 0.4) is 0 Å². The number of furan rings is 1. The Morgan fingerprint density at radius 2 is 1.92 bits per heavy atom. The molecule has 2 heterocycles. The number of benzene rings is 1. The summed E-state index contributed by atoms with van der Waals surface area (Å²) in [7, 11) is 0. The van der Waals surface area contributed by atoms with Crippen molar-refractivity contribution in [1.29, 1.82) is 0 Å². The fourth-order valence-corrected chi connectivity index (χ4v) is 3.07. The summed E-state index contributed by atoms with van der Waals surface area (Å²) in [5, 5.41) is 1.29. The van der Waals surface area contributed by atoms with Gasteiger partial charge in [-0.25, -0.2) is 14.6 Å². The van der Waals surface area contributed by atoms with Crippen LogP contribution < -0.4 is 0 Å². The van der Waals surface area contributed by atoms with Gasteiger partial charge in [-0.15, -0.1) is 11.8 Å². The highest BCUT2D eigenvalue weighted by Crippen LogP contribution is 2.28. The number of aromatic nitrogens is 1. The number of thioether (sulfide) groups is 1. The fraction of sp³-hybridized carbons (Fsp3) is 0.211. The molecule has 0 unspecified atom stereocenters. The molecule has 3 rings (SSSR count). The van der Waals surface area contributed by atoms with E-state index in [1.807, 2.05) is 18.4 Å². The third-order valence-corrected chi connectivity index (χ3v) is 4.40. The fourth-order valence-electron chi connectivity index (χ4n) is 2.53. The molecule has 1 aromatic carbocycles. The average molecular weight is 371 g/mol. The summed E-state index contributed by atoms with van der Waals surface area (Å²) in [5.41, 5.74) is 1.40. The van der Waals surface area contributed by atoms with Crippen LogP contribution in [0, 0.1) is 0 Å². The van der Waals surface area contributed by atoms with Gasteiger partial charge in [-0.3, -0.25) is 0 Å². The highest BCUT2D eigenvalue weighted by atomic mass is 32.2. The van der Waals surface area contributed by atoms with Crippen molar-refractivity contribution in [3.63, 3.8) is 0 Å². The molecule has 0 fully saturated rings. The zero-order chi connectivity index (χ0) is 18.5. The highest BCUT2D eigenvalue weighted by Gasteiger charge is 2.23. The molecule has 6 nitrogen and oxygen atoms in total. The zero-order valence-electron chi connectivity index (χ0n) is 14.4. The van der Waals surface area contributed by atoms with Gasteiger partial charge in [-0.2, -0.15) is 0 Å². The van der Waals surface area contributed by atoms with Crippen LogP contribution in [-0.2, 0) is 16.1 Å². The molecule has 134 valence electrons. The second-order valence-corrected chi connectivity index (χ2v) is 6.06. The number of hydrogen-bond donors (Lipinski definition) is 0. The number of hydrogen-bond acceptors (Lipinski definition) is 7. The van der Waals surface area contributed by atoms with E-state index < -0.39 is 11.9 Å². The molecule has 0 bridgehead atoms. The largest absolute Gasteiger partial charge is 0.460 e. The molecular formula is C19H17NO5S. The number of para-hydroxylation sites is 1. The summed E-state index contributed by atoms with van der Waals surface area (Å²) in [6.45, 7) is 1.83. The molecule has 0 aliphatic heterocycles. The number of fused-ring (bicyclic) bond motifs is 1. The van der Waals surface area contributed by atoms with Crippen molar-refractivity contribution in [2.75, 3.05) is 12.9 Å². The third-order valence-electron chi connectivity index (χ3n) is 3.69. The molecule has 26 heavy (non-hydrogen) atoms. The van der Waals surface area contributed by atoms with Crippen molar-refractivity contribution < 1.29 is 23.5 Å². The molecule has 0 amide bonds. The first-order chi connectivity index (χ1) is 12.7. The van der Waals surface area contributed by atoms with Gasteiger partial charge in [0.2, 0.25) is 5.76 Å². The first kappa shape index (κ1) is 18.0. The van der Waals surface area contributed by atoms with E-state index in [1.165, 1.54) is 11.8 Å². The standard InChI is InChI=1S/C19H17NO5S/c1-3-23-19(22)16-14(12-7-4-5-9-15(12)25-16)11-24-18(21)13-8-6-10-20-17(13)26-2/h4-10H,3,11H2,1-2H3. The van der Waals surface area contributed by atoms with Crippen LogP contribution in [0.2, 0.25) is 0 Å². The number of carbonyl (C=O) groups excluding carboxylic acids is 2. The summed E-state index contributed by atoms with van der Waals surface area (Å²) in [5.74, 6) is -1.04. The van der Waals surface area contributed by atoms with Gasteiger partial charge in [-0.1, -0.05) is 18.2 Å². The molecule has 0 aliphatic rings. The summed E-state index contributed by atoms with van der Waals surface area (Å²) >= 11 is 1.36. The Morgan fingerprint density at radius 1 is 1.12 bits per heavy atom. The highest BCUT2D eigenvalue weighted by molar-refractivity contribution is 7.98. The summed E-state index contributed by atoms with van der Waals surface area (Å²) in [6.07, 6.45) is 3.45. The smallest absolute Gasteiger partial charge is 0.374 e. The maximum Gasteiger partial charge on any atom is 0.374 e. The lowest BCUT2D eigenvalue weighted by molar-refractivity contribution is 0.0432. The molecule has 7 heteroatoms. The molecule has 0 radical (unpaired) electrons. The van der Waals surface area contributed by atoms with Crippen molar-refractivity contribution in [1.82, 2.24) is 4.98 Å². The minimum atomic E-state index is -0.582. The number of esters is 2. The van der Waals surface area contributed by atoms with E-state index in [-0.39, 0.29) is 19.0 Å². The first-order valence-corrected chi connectivity index (χ1v) is 9.21. The van der Waals surface area contributed by atoms with E-state index in [4.69, 9.17) is 13.9 Å². The number of nitrogens with zero attached hydrogens (tertiary/aromatic N) is 1. The van der Waals surface area contributed by atoms with Gasteiger partial charge in [0.05, 0.1) is 17.7 Å². The van der Waals surface area contributed by atoms with Gasteiger partial charge >= 0.3 is 11.9 Å². The van der Waals surface area contributed by atoms with E-state index in [0.29, 0.717) is 27.1 Å². The van der Waals surface area contributed by atoms with Gasteiger partial charge < -0.3 is 13.9 Å². The lowest BCUT2D eigenvalue weighted by Crippen LogP contribution is -2.10. The summed E-state index contributed by atoms with van der Waals surface area (Å²) in [6, 6.07) is 10.5. The lowest BCUT2D eigenvalue weighted by Gasteiger charge is -2.07. The van der Waals surface area contributed by atoms with Crippen LogP contribution >= 0.6 is 11.8 Å². The molecule has 0 aliphatic carbocycles. The minimum Gasteiger partial charge on any atom is -0.460 e. The molecule has 0 spiro atoms. The number of carbonyl (C=O) groups is 2. The average Bonchev–Trinajstić information content (AvgIpc) is 3.05. The quantitative estimate of drug-likeness (QED) is 0.477. The minimum absolute atomic E-state index is 0.0529. The lowest BCUT2D eigenvalue weighted by atomic mass is 10.1. The van der Waals surface area contributed by atoms with Crippen LogP contribution in [0.25, 0.3) is 11.0 Å². The topological polar surface area (TPSA) is 78.6 Å². The predicted octanol–water partition coefficient (Wildman–Crippen LogP) is 4.08. The first-order valence-electron chi connectivity index (χ1n) is 7.99. The van der Waals surface area contributed by atoms with E-state index in [1.54, 1.807) is 37.4 Å². The summed E-state index contributed by atoms with van der Waals surface area (Å²) in [4.78, 5) is 28.8.